The Labute approximate surface area is 115 Å². The number of thiazole rings is 1. The van der Waals surface area contributed by atoms with Crippen molar-refractivity contribution < 1.29 is 5.11 Å². The van der Waals surface area contributed by atoms with Crippen LogP contribution in [0.25, 0.3) is 0 Å². The van der Waals surface area contributed by atoms with E-state index in [0.29, 0.717) is 25.1 Å². The molecule has 0 fully saturated rings. The Balaban J connectivity index is 2.49. The summed E-state index contributed by atoms with van der Waals surface area (Å²) in [5.41, 5.74) is 2.16. The maximum absolute atomic E-state index is 10.2. The molecule has 0 saturated carbocycles. The summed E-state index contributed by atoms with van der Waals surface area (Å²) in [4.78, 5) is 4.70. The van der Waals surface area contributed by atoms with E-state index >= 15 is 0 Å². The van der Waals surface area contributed by atoms with Crippen molar-refractivity contribution in [3.63, 3.8) is 0 Å². The molecule has 0 aliphatic carbocycles. The Kier molecular flexibility index (Phi) is 3.87. The number of nitrogens with zero attached hydrogens (tertiary/aromatic N) is 1. The van der Waals surface area contributed by atoms with Crippen LogP contribution < -0.4 is 0 Å². The van der Waals surface area contributed by atoms with Gasteiger partial charge < -0.3 is 5.11 Å². The first-order valence-electron chi connectivity index (χ1n) is 4.32. The fourth-order valence-corrected chi connectivity index (χ4v) is 3.33. The van der Waals surface area contributed by atoms with Gasteiger partial charge in [0.1, 0.15) is 10.7 Å². The van der Waals surface area contributed by atoms with Gasteiger partial charge in [-0.3, -0.25) is 0 Å². The normalized spacial score (nSPS) is 12.8. The molecule has 0 aliphatic heterocycles. The summed E-state index contributed by atoms with van der Waals surface area (Å²) in [6.45, 7) is 0. The molecule has 1 unspecified atom stereocenters. The molecular weight excluding hydrogens is 333 g/mol. The summed E-state index contributed by atoms with van der Waals surface area (Å²) < 4.78 is 0.612. The molecule has 0 radical (unpaired) electrons. The predicted octanol–water partition coefficient (Wildman–Crippen LogP) is 4.29. The van der Waals surface area contributed by atoms with Crippen LogP contribution in [0.3, 0.4) is 0 Å². The van der Waals surface area contributed by atoms with Crippen LogP contribution in [0, 0.1) is 0 Å². The van der Waals surface area contributed by atoms with E-state index in [1.165, 1.54) is 11.3 Å². The predicted molar refractivity (Wildman–Crippen MR) is 70.3 cm³/mol. The first-order valence-corrected chi connectivity index (χ1v) is 6.75. The maximum Gasteiger partial charge on any atom is 0.123 e. The smallest absolute Gasteiger partial charge is 0.123 e. The molecule has 16 heavy (non-hydrogen) atoms. The molecule has 1 heterocycles. The fourth-order valence-electron chi connectivity index (χ4n) is 1.32. The van der Waals surface area contributed by atoms with Gasteiger partial charge >= 0.3 is 0 Å². The fraction of sp³-hybridized carbons (Fsp3) is 0.100. The van der Waals surface area contributed by atoms with Gasteiger partial charge in [-0.25, -0.2) is 4.98 Å². The lowest BCUT2D eigenvalue weighted by Crippen LogP contribution is -2.00. The third-order valence-corrected chi connectivity index (χ3v) is 4.51. The molecular formula is C10H6BrCl2NOS. The molecule has 1 aromatic carbocycles. The Morgan fingerprint density at radius 1 is 1.31 bits per heavy atom. The summed E-state index contributed by atoms with van der Waals surface area (Å²) in [6.07, 6.45) is -0.858. The van der Waals surface area contributed by atoms with Crippen LogP contribution in [0.15, 0.2) is 28.3 Å². The average Bonchev–Trinajstić information content (AvgIpc) is 2.64. The minimum absolute atomic E-state index is 0.445. The SMILES string of the molecule is OC(c1scnc1Br)c1c(Cl)cccc1Cl. The number of hydrogen-bond donors (Lipinski definition) is 1. The van der Waals surface area contributed by atoms with Gasteiger partial charge in [-0.2, -0.15) is 0 Å². The number of benzene rings is 1. The zero-order chi connectivity index (χ0) is 11.7. The summed E-state index contributed by atoms with van der Waals surface area (Å²) in [7, 11) is 0. The second-order valence-electron chi connectivity index (χ2n) is 3.05. The van der Waals surface area contributed by atoms with Crippen molar-refractivity contribution in [3.05, 3.63) is 48.8 Å². The molecule has 84 valence electrons. The highest BCUT2D eigenvalue weighted by Crippen LogP contribution is 2.37. The number of rotatable bonds is 2. The van der Waals surface area contributed by atoms with Crippen molar-refractivity contribution in [1.82, 2.24) is 4.98 Å². The van der Waals surface area contributed by atoms with Crippen molar-refractivity contribution in [1.29, 1.82) is 0 Å². The van der Waals surface area contributed by atoms with Crippen LogP contribution >= 0.6 is 50.5 Å². The Bertz CT molecular complexity index is 497. The van der Waals surface area contributed by atoms with E-state index in [2.05, 4.69) is 20.9 Å². The van der Waals surface area contributed by atoms with Gasteiger partial charge in [0.15, 0.2) is 0 Å². The highest BCUT2D eigenvalue weighted by atomic mass is 79.9. The van der Waals surface area contributed by atoms with Gasteiger partial charge in [-0.1, -0.05) is 29.3 Å². The lowest BCUT2D eigenvalue weighted by molar-refractivity contribution is 0.223. The third-order valence-electron chi connectivity index (χ3n) is 2.07. The summed E-state index contributed by atoms with van der Waals surface area (Å²) in [6, 6.07) is 5.13. The van der Waals surface area contributed by atoms with Crippen LogP contribution in [-0.2, 0) is 0 Å². The van der Waals surface area contributed by atoms with Gasteiger partial charge in [0, 0.05) is 15.6 Å². The van der Waals surface area contributed by atoms with Crippen molar-refractivity contribution in [2.45, 2.75) is 6.10 Å². The Morgan fingerprint density at radius 2 is 1.94 bits per heavy atom. The zero-order valence-corrected chi connectivity index (χ0v) is 11.7. The van der Waals surface area contributed by atoms with E-state index in [-0.39, 0.29) is 0 Å². The first-order chi connectivity index (χ1) is 7.61. The number of aliphatic hydroxyl groups excluding tert-OH is 1. The van der Waals surface area contributed by atoms with E-state index in [4.69, 9.17) is 23.2 Å². The lowest BCUT2D eigenvalue weighted by atomic mass is 10.1. The highest BCUT2D eigenvalue weighted by molar-refractivity contribution is 9.10. The van der Waals surface area contributed by atoms with Crippen molar-refractivity contribution in [3.8, 4) is 0 Å². The number of aromatic nitrogens is 1. The molecule has 0 aliphatic rings. The molecule has 2 nitrogen and oxygen atoms in total. The van der Waals surface area contributed by atoms with Gasteiger partial charge in [-0.15, -0.1) is 11.3 Å². The van der Waals surface area contributed by atoms with E-state index in [1.54, 1.807) is 23.7 Å². The van der Waals surface area contributed by atoms with Crippen molar-refractivity contribution in [2.75, 3.05) is 0 Å². The van der Waals surface area contributed by atoms with Crippen molar-refractivity contribution >= 4 is 50.5 Å². The average molecular weight is 339 g/mol. The number of aliphatic hydroxyl groups is 1. The van der Waals surface area contributed by atoms with Gasteiger partial charge in [0.05, 0.1) is 10.4 Å². The molecule has 2 rings (SSSR count). The van der Waals surface area contributed by atoms with Gasteiger partial charge in [0.25, 0.3) is 0 Å². The van der Waals surface area contributed by atoms with E-state index in [9.17, 15) is 5.11 Å². The summed E-state index contributed by atoms with van der Waals surface area (Å²) in [5.74, 6) is 0. The maximum atomic E-state index is 10.2. The molecule has 0 bridgehead atoms. The molecule has 6 heteroatoms. The monoisotopic (exact) mass is 337 g/mol. The molecule has 1 N–H and O–H groups in total. The van der Waals surface area contributed by atoms with Gasteiger partial charge in [0.2, 0.25) is 0 Å². The van der Waals surface area contributed by atoms with E-state index in [0.717, 1.165) is 0 Å². The lowest BCUT2D eigenvalue weighted by Gasteiger charge is -2.12. The molecule has 1 aromatic heterocycles. The quantitative estimate of drug-likeness (QED) is 0.885. The van der Waals surface area contributed by atoms with Crippen molar-refractivity contribution in [2.24, 2.45) is 0 Å². The van der Waals surface area contributed by atoms with Crippen LogP contribution in [0.2, 0.25) is 10.0 Å². The molecule has 2 aromatic rings. The standard InChI is InChI=1S/C10H6BrCl2NOS/c11-10-9(16-4-14-10)8(15)7-5(12)2-1-3-6(7)13/h1-4,8,15H. The second-order valence-corrected chi connectivity index (χ2v) is 5.50. The first kappa shape index (κ1) is 12.3. The minimum Gasteiger partial charge on any atom is -0.383 e. The number of halogens is 3. The van der Waals surface area contributed by atoms with E-state index in [1.807, 2.05) is 0 Å². The topological polar surface area (TPSA) is 33.1 Å². The van der Waals surface area contributed by atoms with Crippen LogP contribution in [0.4, 0.5) is 0 Å². The summed E-state index contributed by atoms with van der Waals surface area (Å²) >= 11 is 16.6. The van der Waals surface area contributed by atoms with Gasteiger partial charge in [-0.05, 0) is 28.1 Å². The largest absolute Gasteiger partial charge is 0.383 e. The molecule has 1 atom stereocenters. The summed E-state index contributed by atoms with van der Waals surface area (Å²) in [5, 5.41) is 11.1. The number of hydrogen-bond acceptors (Lipinski definition) is 3. The Morgan fingerprint density at radius 3 is 2.44 bits per heavy atom. The third kappa shape index (κ3) is 2.26. The Hall–Kier alpha value is -0.130. The van der Waals surface area contributed by atoms with E-state index < -0.39 is 6.10 Å². The minimum atomic E-state index is -0.858. The molecule has 0 saturated heterocycles. The molecule has 0 amide bonds. The molecule has 0 spiro atoms. The van der Waals surface area contributed by atoms with Crippen LogP contribution in [-0.4, -0.2) is 10.1 Å². The van der Waals surface area contributed by atoms with Crippen LogP contribution in [0.5, 0.6) is 0 Å². The second kappa shape index (κ2) is 5.02. The highest BCUT2D eigenvalue weighted by Gasteiger charge is 2.21. The van der Waals surface area contributed by atoms with Crippen LogP contribution in [0.1, 0.15) is 16.5 Å². The zero-order valence-electron chi connectivity index (χ0n) is 7.82.